The maximum Gasteiger partial charge on any atom is 0.258 e. The fraction of sp³-hybridized carbons (Fsp3) is 0.417. The number of aryl methyl sites for hydroxylation is 2. The molecular formula is C12H18N6O. The zero-order chi connectivity index (χ0) is 14.0. The van der Waals surface area contributed by atoms with Gasteiger partial charge in [0, 0.05) is 26.8 Å². The molecule has 0 spiro atoms. The second-order valence-electron chi connectivity index (χ2n) is 4.61. The average molecular weight is 262 g/mol. The highest BCUT2D eigenvalue weighted by molar-refractivity contribution is 5.98. The van der Waals surface area contributed by atoms with E-state index in [2.05, 4.69) is 20.6 Å². The number of aromatic amines is 1. The van der Waals surface area contributed by atoms with Crippen molar-refractivity contribution >= 4 is 11.7 Å². The third kappa shape index (κ3) is 2.75. The fourth-order valence-electron chi connectivity index (χ4n) is 1.72. The van der Waals surface area contributed by atoms with Gasteiger partial charge in [0.15, 0.2) is 0 Å². The van der Waals surface area contributed by atoms with Crippen LogP contribution in [-0.4, -0.2) is 44.9 Å². The van der Waals surface area contributed by atoms with Gasteiger partial charge >= 0.3 is 0 Å². The Morgan fingerprint density at radius 1 is 1.53 bits per heavy atom. The summed E-state index contributed by atoms with van der Waals surface area (Å²) in [5.74, 6) is 0.524. The second kappa shape index (κ2) is 5.13. The van der Waals surface area contributed by atoms with Crippen LogP contribution in [0.5, 0.6) is 0 Å². The molecule has 2 heterocycles. The Morgan fingerprint density at radius 3 is 2.84 bits per heavy atom. The molecule has 0 aliphatic heterocycles. The van der Waals surface area contributed by atoms with Gasteiger partial charge in [0.25, 0.3) is 5.91 Å². The number of anilines is 1. The Kier molecular flexibility index (Phi) is 3.55. The highest BCUT2D eigenvalue weighted by Crippen LogP contribution is 2.14. The number of nitrogens with one attached hydrogen (secondary N) is 2. The van der Waals surface area contributed by atoms with Crippen molar-refractivity contribution in [2.75, 3.05) is 19.4 Å². The lowest BCUT2D eigenvalue weighted by Crippen LogP contribution is -2.22. The van der Waals surface area contributed by atoms with E-state index in [0.717, 1.165) is 11.4 Å². The Morgan fingerprint density at radius 2 is 2.26 bits per heavy atom. The van der Waals surface area contributed by atoms with Crippen LogP contribution >= 0.6 is 0 Å². The van der Waals surface area contributed by atoms with Crippen molar-refractivity contribution in [3.63, 3.8) is 0 Å². The van der Waals surface area contributed by atoms with Gasteiger partial charge in [-0.15, -0.1) is 0 Å². The lowest BCUT2D eigenvalue weighted by atomic mass is 10.3. The summed E-state index contributed by atoms with van der Waals surface area (Å²) in [6.45, 7) is 2.53. The molecule has 0 bridgehead atoms. The van der Waals surface area contributed by atoms with Crippen molar-refractivity contribution in [2.45, 2.75) is 13.5 Å². The van der Waals surface area contributed by atoms with Gasteiger partial charge in [-0.2, -0.15) is 10.2 Å². The fourth-order valence-corrected chi connectivity index (χ4v) is 1.72. The van der Waals surface area contributed by atoms with Crippen molar-refractivity contribution in [3.05, 3.63) is 29.2 Å². The molecule has 19 heavy (non-hydrogen) atoms. The van der Waals surface area contributed by atoms with Crippen LogP contribution in [0.4, 0.5) is 5.82 Å². The standard InChI is InChI=1S/C12H18N6O/c1-8-5-9(16-18(8)4)6-13-11-10(7-14-15-11)12(19)17(2)3/h5,7H,6H2,1-4H3,(H2,13,14,15). The van der Waals surface area contributed by atoms with Crippen LogP contribution in [0.15, 0.2) is 12.3 Å². The molecule has 0 unspecified atom stereocenters. The monoisotopic (exact) mass is 262 g/mol. The summed E-state index contributed by atoms with van der Waals surface area (Å²) in [5.41, 5.74) is 2.53. The van der Waals surface area contributed by atoms with Crippen LogP contribution in [-0.2, 0) is 13.6 Å². The van der Waals surface area contributed by atoms with Crippen LogP contribution in [0.3, 0.4) is 0 Å². The summed E-state index contributed by atoms with van der Waals surface area (Å²) in [6, 6.07) is 2.00. The summed E-state index contributed by atoms with van der Waals surface area (Å²) < 4.78 is 1.82. The largest absolute Gasteiger partial charge is 0.364 e. The van der Waals surface area contributed by atoms with E-state index in [1.54, 1.807) is 14.1 Å². The minimum absolute atomic E-state index is 0.0894. The van der Waals surface area contributed by atoms with Gasteiger partial charge in [-0.25, -0.2) is 0 Å². The second-order valence-corrected chi connectivity index (χ2v) is 4.61. The van der Waals surface area contributed by atoms with Crippen LogP contribution in [0.25, 0.3) is 0 Å². The Balaban J connectivity index is 2.08. The van der Waals surface area contributed by atoms with E-state index in [1.807, 2.05) is 24.7 Å². The van der Waals surface area contributed by atoms with Crippen molar-refractivity contribution in [1.82, 2.24) is 24.9 Å². The minimum atomic E-state index is -0.0894. The Labute approximate surface area is 111 Å². The normalized spacial score (nSPS) is 10.5. The smallest absolute Gasteiger partial charge is 0.258 e. The third-order valence-electron chi connectivity index (χ3n) is 2.89. The summed E-state index contributed by atoms with van der Waals surface area (Å²) >= 11 is 0. The highest BCUT2D eigenvalue weighted by Gasteiger charge is 2.15. The van der Waals surface area contributed by atoms with Crippen molar-refractivity contribution < 1.29 is 4.79 Å². The number of H-pyrrole nitrogens is 1. The average Bonchev–Trinajstić information content (AvgIpc) is 2.93. The van der Waals surface area contributed by atoms with Gasteiger partial charge in [-0.3, -0.25) is 14.6 Å². The number of aromatic nitrogens is 4. The van der Waals surface area contributed by atoms with Gasteiger partial charge < -0.3 is 10.2 Å². The molecule has 0 aliphatic rings. The van der Waals surface area contributed by atoms with Gasteiger partial charge in [-0.05, 0) is 13.0 Å². The molecule has 0 saturated carbocycles. The van der Waals surface area contributed by atoms with E-state index in [9.17, 15) is 4.79 Å². The van der Waals surface area contributed by atoms with Crippen LogP contribution < -0.4 is 5.32 Å². The molecule has 2 N–H and O–H groups in total. The molecule has 7 heteroatoms. The molecule has 2 aromatic rings. The zero-order valence-corrected chi connectivity index (χ0v) is 11.6. The van der Waals surface area contributed by atoms with Gasteiger partial charge in [0.05, 0.1) is 18.4 Å². The summed E-state index contributed by atoms with van der Waals surface area (Å²) in [5, 5.41) is 14.2. The number of nitrogens with zero attached hydrogens (tertiary/aromatic N) is 4. The van der Waals surface area contributed by atoms with E-state index in [4.69, 9.17) is 0 Å². The molecule has 7 nitrogen and oxygen atoms in total. The maximum absolute atomic E-state index is 11.9. The van der Waals surface area contributed by atoms with E-state index in [-0.39, 0.29) is 5.91 Å². The molecule has 0 saturated heterocycles. The predicted molar refractivity (Wildman–Crippen MR) is 71.9 cm³/mol. The molecule has 2 rings (SSSR count). The number of carbonyl (C=O) groups excluding carboxylic acids is 1. The number of amides is 1. The van der Waals surface area contributed by atoms with Gasteiger partial charge in [-0.1, -0.05) is 0 Å². The lowest BCUT2D eigenvalue weighted by molar-refractivity contribution is 0.0828. The number of hydrogen-bond donors (Lipinski definition) is 2. The van der Waals surface area contributed by atoms with E-state index < -0.39 is 0 Å². The molecule has 0 atom stereocenters. The molecule has 0 fully saturated rings. The van der Waals surface area contributed by atoms with Crippen molar-refractivity contribution in [1.29, 1.82) is 0 Å². The summed E-state index contributed by atoms with van der Waals surface area (Å²) in [7, 11) is 5.32. The van der Waals surface area contributed by atoms with E-state index >= 15 is 0 Å². The Hall–Kier alpha value is -2.31. The van der Waals surface area contributed by atoms with Crippen molar-refractivity contribution in [2.24, 2.45) is 7.05 Å². The third-order valence-corrected chi connectivity index (χ3v) is 2.89. The number of hydrogen-bond acceptors (Lipinski definition) is 4. The number of rotatable bonds is 4. The molecule has 2 aromatic heterocycles. The predicted octanol–water partition coefficient (Wildman–Crippen LogP) is 0.766. The Bertz CT molecular complexity index is 563. The van der Waals surface area contributed by atoms with Crippen LogP contribution in [0, 0.1) is 6.92 Å². The molecule has 102 valence electrons. The van der Waals surface area contributed by atoms with Gasteiger partial charge in [0.2, 0.25) is 0 Å². The molecule has 0 aromatic carbocycles. The summed E-state index contributed by atoms with van der Waals surface area (Å²) in [6.07, 6.45) is 1.52. The zero-order valence-electron chi connectivity index (χ0n) is 11.6. The molecule has 0 radical (unpaired) electrons. The van der Waals surface area contributed by atoms with Crippen LogP contribution in [0.2, 0.25) is 0 Å². The van der Waals surface area contributed by atoms with Gasteiger partial charge in [0.1, 0.15) is 11.4 Å². The van der Waals surface area contributed by atoms with Crippen molar-refractivity contribution in [3.8, 4) is 0 Å². The number of carbonyl (C=O) groups is 1. The SMILES string of the molecule is Cc1cc(CNc2[nH]ncc2C(=O)N(C)C)nn1C. The summed E-state index contributed by atoms with van der Waals surface area (Å²) in [4.78, 5) is 13.4. The quantitative estimate of drug-likeness (QED) is 0.853. The maximum atomic E-state index is 11.9. The first kappa shape index (κ1) is 13.1. The van der Waals surface area contributed by atoms with E-state index in [1.165, 1.54) is 11.1 Å². The lowest BCUT2D eigenvalue weighted by Gasteiger charge is -2.10. The molecule has 0 aliphatic carbocycles. The molecule has 1 amide bonds. The molecular weight excluding hydrogens is 244 g/mol. The minimum Gasteiger partial charge on any atom is -0.364 e. The van der Waals surface area contributed by atoms with E-state index in [0.29, 0.717) is 17.9 Å². The van der Waals surface area contributed by atoms with Crippen LogP contribution in [0.1, 0.15) is 21.7 Å². The first-order valence-electron chi connectivity index (χ1n) is 5.97. The highest BCUT2D eigenvalue weighted by atomic mass is 16.2. The topological polar surface area (TPSA) is 78.8 Å². The first-order valence-corrected chi connectivity index (χ1v) is 5.97. The first-order chi connectivity index (χ1) is 8.99.